The molecule has 0 radical (unpaired) electrons. The fourth-order valence-corrected chi connectivity index (χ4v) is 28.8. The molecule has 0 amide bonds. The Kier molecular flexibility index (Phi) is 37.8. The fourth-order valence-electron chi connectivity index (χ4n) is 18.4. The molecule has 39 nitrogen and oxygen atoms in total. The number of hydrogen-bond acceptors (Lipinski definition) is 32. The zero-order valence-corrected chi connectivity index (χ0v) is 87.5. The summed E-state index contributed by atoms with van der Waals surface area (Å²) in [7, 11) is 5.16. The van der Waals surface area contributed by atoms with E-state index in [1.54, 1.807) is 59.9 Å². The second-order valence-electron chi connectivity index (χ2n) is 40.2. The molecule has 5 fully saturated rings. The number of aryl methyl sites for hydroxylation is 3. The molecule has 0 bridgehead atoms. The van der Waals surface area contributed by atoms with E-state index >= 15 is 0 Å². The highest BCUT2D eigenvalue weighted by Crippen LogP contribution is 2.49. The van der Waals surface area contributed by atoms with Crippen molar-refractivity contribution in [2.24, 2.45) is 29.6 Å². The Morgan fingerprint density at radius 1 is 0.441 bits per heavy atom. The predicted molar refractivity (Wildman–Crippen MR) is 563 cm³/mol. The van der Waals surface area contributed by atoms with Crippen LogP contribution in [0.15, 0.2) is 50.8 Å². The second-order valence-corrected chi connectivity index (χ2v) is 63.2. The number of aromatic amines is 5. The monoisotopic (exact) mass is 2050 g/mol. The lowest BCUT2D eigenvalue weighted by Crippen LogP contribution is -2.36. The molecule has 5 saturated heterocycles. The van der Waals surface area contributed by atoms with Gasteiger partial charge in [-0.1, -0.05) is 105 Å². The Labute approximate surface area is 809 Å². The van der Waals surface area contributed by atoms with E-state index in [0.29, 0.717) is 60.3 Å². The first kappa shape index (κ1) is 113. The minimum absolute atomic E-state index is 0. The number of anilines is 2. The van der Waals surface area contributed by atoms with Crippen LogP contribution in [0.2, 0.25) is 0 Å². The van der Waals surface area contributed by atoms with Gasteiger partial charge in [-0.3, -0.25) is 42.6 Å². The van der Waals surface area contributed by atoms with Gasteiger partial charge in [0.05, 0.1) is 54.9 Å². The van der Waals surface area contributed by atoms with Crippen LogP contribution in [0.4, 0.5) is 11.9 Å². The summed E-state index contributed by atoms with van der Waals surface area (Å²) in [5.74, 6) is 3.59. The minimum Gasteiger partial charge on any atom is -0.388 e. The summed E-state index contributed by atoms with van der Waals surface area (Å²) in [6, 6.07) is 1.85. The largest absolute Gasteiger partial charge is 0.388 e. The van der Waals surface area contributed by atoms with E-state index in [2.05, 4.69) is 180 Å². The summed E-state index contributed by atoms with van der Waals surface area (Å²) in [5.41, 5.74) is 2.32. The van der Waals surface area contributed by atoms with Crippen LogP contribution in [0.3, 0.4) is 0 Å². The van der Waals surface area contributed by atoms with Crippen LogP contribution in [-0.2, 0) is 23.7 Å². The summed E-state index contributed by atoms with van der Waals surface area (Å²) >= 11 is 12.1. The van der Waals surface area contributed by atoms with E-state index in [-0.39, 0.29) is 89.3 Å². The van der Waals surface area contributed by atoms with Crippen LogP contribution in [0.5, 0.6) is 0 Å². The number of rotatable bonds is 27. The molecule has 5 unspecified atom stereocenters. The van der Waals surface area contributed by atoms with Gasteiger partial charge >= 0.3 is 0 Å². The van der Waals surface area contributed by atoms with Crippen LogP contribution >= 0.6 is 70.6 Å². The number of aromatic nitrogens is 19. The summed E-state index contributed by atoms with van der Waals surface area (Å²) in [6.45, 7) is 32.5. The molecule has 15 heterocycles. The molecule has 0 saturated carbocycles. The number of aliphatic hydroxyl groups excluding tert-OH is 10. The first-order chi connectivity index (χ1) is 62.3. The van der Waals surface area contributed by atoms with Crippen molar-refractivity contribution in [2.75, 3.05) is 135 Å². The van der Waals surface area contributed by atoms with Gasteiger partial charge in [0.15, 0.2) is 74.4 Å². The summed E-state index contributed by atoms with van der Waals surface area (Å²) in [4.78, 5) is 91.4. The van der Waals surface area contributed by atoms with Crippen LogP contribution in [-0.4, -0.2) is 391 Å². The van der Waals surface area contributed by atoms with Crippen LogP contribution in [0, 0.1) is 59.6 Å². The number of aliphatic hydroxyl groups is 10. The highest BCUT2D eigenvalue weighted by Gasteiger charge is 2.52. The second kappa shape index (κ2) is 45.4. The SMILES string of the molecule is C.C.C=P(C)(C)CC(C)[C@H]1O[C@@H](n2c(SCCCCC)nc3c(=O)[nH]c(C)nc32)[C@H](O)[C@@H]1O.C=P(C)(C)CC(C)[C@H]1O[C@@H](n2ccc3c(=S)nc(C)[nH]c32)[C@H](O)[C@@H]1O.C=P(C)(C)CC(C)[C@H]1O[C@@H](n2cnc3c(=O)[nH]c(N(C)C)nc32)[C@H](O)[C@@H]1O.C=P(C)(C)CC(C)[C@H]1O[C@@H](n2cnc3c(=O)[nH]c(NC)nc32)[C@H](O)[C@@H]1O.C=P(C)(C)CC(C)[C@H]1O[C@@H](n2cnc3c(=S)nc(C)[nH]c32)[C@H](O)[C@@H]1O. The third-order valence-corrected chi connectivity index (χ3v) is 33.3. The topological polar surface area (TPSA) is 535 Å². The molecule has 0 spiro atoms. The Morgan fingerprint density at radius 3 is 1.21 bits per heavy atom. The van der Waals surface area contributed by atoms with Gasteiger partial charge in [0.25, 0.3) is 16.7 Å². The molecular weight excluding hydrogens is 1900 g/mol. The molecule has 25 atom stereocenters. The number of ether oxygens (including phenoxy) is 5. The lowest BCUT2D eigenvalue weighted by atomic mass is 10.0. The van der Waals surface area contributed by atoms with Gasteiger partial charge in [0, 0.05) is 33.1 Å². The van der Waals surface area contributed by atoms with E-state index in [0.717, 1.165) is 66.9 Å². The van der Waals surface area contributed by atoms with Crippen molar-refractivity contribution in [1.82, 2.24) is 92.6 Å². The molecular formula is C89H148N21O18P5S3. The van der Waals surface area contributed by atoms with Crippen molar-refractivity contribution >= 4 is 170 Å². The summed E-state index contributed by atoms with van der Waals surface area (Å²) in [5, 5.41) is 110. The Balaban J connectivity index is 0.000000190. The molecule has 0 aromatic carbocycles. The maximum Gasteiger partial charge on any atom is 0.280 e. The number of unbranched alkanes of at least 4 members (excludes halogenated alkanes) is 2. The molecule has 136 heavy (non-hydrogen) atoms. The Bertz CT molecular complexity index is 6240. The van der Waals surface area contributed by atoms with Crippen LogP contribution in [0.25, 0.3) is 55.7 Å². The van der Waals surface area contributed by atoms with E-state index in [4.69, 9.17) is 48.1 Å². The number of thioether (sulfide) groups is 1. The van der Waals surface area contributed by atoms with Crippen molar-refractivity contribution in [3.8, 4) is 0 Å². The third-order valence-electron chi connectivity index (χ3n) is 23.8. The van der Waals surface area contributed by atoms with E-state index in [1.165, 1.54) is 33.6 Å². The van der Waals surface area contributed by atoms with Crippen molar-refractivity contribution < 1.29 is 74.7 Å². The standard InChI is InChI=1S/C21H35N4O4PS.C17H28N5O4P.C17H26N3O3PS.C16H26N5O4P.C16H25N4O3PS.2CH4/c1-7-8-9-10-31-21-24-14-18(22-13(3)23-19(14)28)25(21)20-16(27)15(26)17(29-20)12(2)11-30(4,5)6;1-9(7-27(4,5)6)13-11(23)12(24)16(26-13)22-8-18-10-14(22)19-17(21(2)3)20-15(10)25;1-9(8-24(3,4)5)14-12(21)13(22)17(23-14)20-7-6-11-15(20)18-10(2)19-16(11)25;1-8(6-26(3,4)5)12-10(22)11(23)15(25-12)21-7-18-9-13(21)19-16(17-2)20-14(9)24;1-8(6-24(3,4)5)13-11(21)12(22)16(23-13)20-7-17-10-14(20)18-9(2)19-15(10)25;;/h12,15-17,20,26-27H,4,7-11H2,1-3,5-6H3,(H,22,23,28);8-9,11-13,16,23-24H,4,7H2,1-3,5-6H3,(H,19,20,25);6-7,9,12-14,17,21-22H,3,8H2,1-2,4-5H3,(H,18,19,25);7-8,10-12,15,22-23H,3,6H2,1-2,4-5H3,(H2,17,19,20,24);7-8,11-13,16,21-22H,3,6H2,1-2,4-5H3,(H,18,19,25);2*1H4/t12?,15-,16+,17+,20+;9?,11-,12+,13+,16+;9?,12-,13+,14+,17+;8?,10-,11+,12+,15+;8?,11-,12+,13+,16+;;/m00000../s1. The maximum absolute atomic E-state index is 12.5. The summed E-state index contributed by atoms with van der Waals surface area (Å²) < 4.78 is 39.5. The van der Waals surface area contributed by atoms with E-state index < -0.39 is 157 Å². The highest BCUT2D eigenvalue weighted by atomic mass is 32.2. The lowest BCUT2D eigenvalue weighted by Gasteiger charge is -2.26. The first-order valence-electron chi connectivity index (χ1n) is 44.7. The van der Waals surface area contributed by atoms with E-state index in [9.17, 15) is 65.4 Å². The smallest absolute Gasteiger partial charge is 0.280 e. The molecule has 15 rings (SSSR count). The summed E-state index contributed by atoms with van der Waals surface area (Å²) in [6.07, 6.45) is 17.9. The minimum atomic E-state index is -1.34. The van der Waals surface area contributed by atoms with Gasteiger partial charge < -0.3 is 104 Å². The molecule has 760 valence electrons. The predicted octanol–water partition coefficient (Wildman–Crippen LogP) is 8.35. The first-order valence-corrected chi connectivity index (χ1v) is 61.7. The van der Waals surface area contributed by atoms with Gasteiger partial charge in [0.1, 0.15) is 100.0 Å². The van der Waals surface area contributed by atoms with Crippen molar-refractivity contribution in [1.29, 1.82) is 0 Å². The Hall–Kier alpha value is -6.49. The number of nitrogens with one attached hydrogen (secondary N) is 6. The van der Waals surface area contributed by atoms with Crippen LogP contribution < -0.4 is 26.9 Å². The molecule has 10 aromatic rings. The van der Waals surface area contributed by atoms with Crippen molar-refractivity contribution in [3.63, 3.8) is 0 Å². The van der Waals surface area contributed by atoms with Crippen molar-refractivity contribution in [2.45, 2.75) is 224 Å². The van der Waals surface area contributed by atoms with Gasteiger partial charge in [-0.15, -0.1) is 65.9 Å². The molecule has 16 N–H and O–H groups in total. The Morgan fingerprint density at radius 2 is 0.794 bits per heavy atom. The lowest BCUT2D eigenvalue weighted by molar-refractivity contribution is -0.0527. The quantitative estimate of drug-likeness (QED) is 0.00994. The average Bonchev–Trinajstić information content (AvgIpc) is 1.61. The van der Waals surface area contributed by atoms with Crippen molar-refractivity contribution in [3.05, 3.63) is 89.1 Å². The number of hydrogen-bond donors (Lipinski definition) is 16. The van der Waals surface area contributed by atoms with E-state index in [1.807, 2.05) is 53.8 Å². The third kappa shape index (κ3) is 26.3. The fraction of sp³-hybridized carbons (Fsp3) is 0.652. The van der Waals surface area contributed by atoms with Crippen LogP contribution in [0.1, 0.15) is 124 Å². The zero-order chi connectivity index (χ0) is 99.3. The molecule has 5 aliphatic heterocycles. The van der Waals surface area contributed by atoms with Gasteiger partial charge in [-0.05, 0) is 160 Å². The molecule has 0 aliphatic carbocycles. The molecule has 47 heteroatoms. The molecule has 10 aromatic heterocycles. The van der Waals surface area contributed by atoms with Gasteiger partial charge in [0.2, 0.25) is 11.9 Å². The number of H-pyrrole nitrogens is 5. The van der Waals surface area contributed by atoms with Gasteiger partial charge in [-0.25, -0.2) is 34.9 Å². The average molecular weight is 2050 g/mol. The number of nitrogens with zero attached hydrogens (tertiary/aromatic N) is 15. The maximum atomic E-state index is 12.5. The number of imidazole rings is 4. The molecule has 5 aliphatic rings. The normalized spacial score (nSPS) is 27.0. The highest BCUT2D eigenvalue weighted by molar-refractivity contribution is 7.99. The van der Waals surface area contributed by atoms with Gasteiger partial charge in [-0.2, -0.15) is 9.97 Å². The zero-order valence-electron chi connectivity index (χ0n) is 80.6. The number of fused-ring (bicyclic) bond motifs is 5.